The molecule has 0 N–H and O–H groups in total. The van der Waals surface area contributed by atoms with E-state index in [1.54, 1.807) is 0 Å². The van der Waals surface area contributed by atoms with Gasteiger partial charge in [0.2, 0.25) is 0 Å². The van der Waals surface area contributed by atoms with Gasteiger partial charge < -0.3 is 14.2 Å². The molecule has 0 heterocycles. The summed E-state index contributed by atoms with van der Waals surface area (Å²) in [5.41, 5.74) is 0. The second kappa shape index (κ2) is 59.3. The molecule has 0 saturated carbocycles. The Morgan fingerprint density at radius 2 is 0.465 bits per heavy atom. The van der Waals surface area contributed by atoms with Gasteiger partial charge in [-0.15, -0.1) is 0 Å². The molecule has 0 spiro atoms. The lowest BCUT2D eigenvalue weighted by Crippen LogP contribution is -2.30. The summed E-state index contributed by atoms with van der Waals surface area (Å²) in [4.78, 5) is 38.3. The zero-order valence-electron chi connectivity index (χ0n) is 48.7. The van der Waals surface area contributed by atoms with Gasteiger partial charge in [0.05, 0.1) is 0 Å². The highest BCUT2D eigenvalue weighted by atomic mass is 16.6. The predicted octanol–water partition coefficient (Wildman–Crippen LogP) is 21.7. The molecule has 0 fully saturated rings. The van der Waals surface area contributed by atoms with Gasteiger partial charge in [0.25, 0.3) is 0 Å². The third kappa shape index (κ3) is 59.2. The normalized spacial score (nSPS) is 12.0. The highest BCUT2D eigenvalue weighted by molar-refractivity contribution is 5.71. The fourth-order valence-corrected chi connectivity index (χ4v) is 10.2. The average Bonchev–Trinajstić information content (AvgIpc) is 3.36. The highest BCUT2D eigenvalue weighted by Gasteiger charge is 2.19. The van der Waals surface area contributed by atoms with E-state index in [9.17, 15) is 14.4 Å². The second-order valence-corrected chi connectivity index (χ2v) is 22.9. The molecule has 6 nitrogen and oxygen atoms in total. The van der Waals surface area contributed by atoms with E-state index in [2.05, 4.69) is 27.7 Å². The van der Waals surface area contributed by atoms with E-state index in [1.807, 2.05) is 0 Å². The number of esters is 3. The molecule has 1 atom stereocenters. The van der Waals surface area contributed by atoms with Crippen molar-refractivity contribution in [3.63, 3.8) is 0 Å². The molecule has 0 aliphatic heterocycles. The molecule has 422 valence electrons. The molecule has 0 aromatic carbocycles. The first kappa shape index (κ1) is 69.4. The lowest BCUT2D eigenvalue weighted by molar-refractivity contribution is -0.167. The molecule has 0 rings (SSSR count). The highest BCUT2D eigenvalue weighted by Crippen LogP contribution is 2.19. The van der Waals surface area contributed by atoms with Crippen molar-refractivity contribution in [1.82, 2.24) is 0 Å². The van der Waals surface area contributed by atoms with Crippen molar-refractivity contribution in [2.45, 2.75) is 381 Å². The number of hydrogen-bond donors (Lipinski definition) is 0. The van der Waals surface area contributed by atoms with Gasteiger partial charge in [-0.3, -0.25) is 14.4 Å². The van der Waals surface area contributed by atoms with Crippen molar-refractivity contribution in [2.75, 3.05) is 13.2 Å². The van der Waals surface area contributed by atoms with E-state index in [1.165, 1.54) is 270 Å². The summed E-state index contributed by atoms with van der Waals surface area (Å²) in [6.45, 7) is 9.09. The lowest BCUT2D eigenvalue weighted by atomic mass is 10.0. The Hall–Kier alpha value is -1.59. The summed E-state index contributed by atoms with van der Waals surface area (Å²) in [6.07, 6.45) is 66.8. The minimum Gasteiger partial charge on any atom is -0.462 e. The first-order valence-corrected chi connectivity index (χ1v) is 32.4. The number of rotatable bonds is 60. The van der Waals surface area contributed by atoms with Crippen LogP contribution in [0, 0.1) is 5.92 Å². The van der Waals surface area contributed by atoms with Crippen LogP contribution in [0.3, 0.4) is 0 Å². The lowest BCUT2D eigenvalue weighted by Gasteiger charge is -2.18. The largest absolute Gasteiger partial charge is 0.462 e. The zero-order chi connectivity index (χ0) is 51.6. The minimum absolute atomic E-state index is 0.0612. The van der Waals surface area contributed by atoms with E-state index in [0.717, 1.165) is 63.7 Å². The number of unbranched alkanes of at least 4 members (excludes halogenated alkanes) is 47. The Kier molecular flexibility index (Phi) is 58.0. The molecule has 0 radical (unpaired) electrons. The Morgan fingerprint density at radius 1 is 0.268 bits per heavy atom. The second-order valence-electron chi connectivity index (χ2n) is 22.9. The van der Waals surface area contributed by atoms with Crippen LogP contribution in [0.25, 0.3) is 0 Å². The number of hydrogen-bond acceptors (Lipinski definition) is 6. The third-order valence-corrected chi connectivity index (χ3v) is 15.0. The SMILES string of the molecule is CCCCCCCCCCCCCCCCCCCCCC(=O)OC[C@@H](COC(=O)CCCCCCCCCCCCCCCCCCCC)OC(=O)CCCCCCCCCCCCCCCC(C)C. The molecule has 0 aromatic heterocycles. The van der Waals surface area contributed by atoms with E-state index in [0.29, 0.717) is 19.3 Å². The van der Waals surface area contributed by atoms with Crippen LogP contribution in [0.5, 0.6) is 0 Å². The van der Waals surface area contributed by atoms with Gasteiger partial charge in [0.1, 0.15) is 13.2 Å². The Balaban J connectivity index is 4.27. The topological polar surface area (TPSA) is 78.9 Å². The summed E-state index contributed by atoms with van der Waals surface area (Å²) in [6, 6.07) is 0. The van der Waals surface area contributed by atoms with Crippen LogP contribution < -0.4 is 0 Å². The molecule has 0 unspecified atom stereocenters. The number of carbonyl (C=O) groups is 3. The van der Waals surface area contributed by atoms with Crippen molar-refractivity contribution in [3.8, 4) is 0 Å². The van der Waals surface area contributed by atoms with Crippen LogP contribution in [0.15, 0.2) is 0 Å². The van der Waals surface area contributed by atoms with Gasteiger partial charge in [0.15, 0.2) is 6.10 Å². The molecule has 0 aliphatic rings. The van der Waals surface area contributed by atoms with Crippen molar-refractivity contribution in [2.24, 2.45) is 5.92 Å². The summed E-state index contributed by atoms with van der Waals surface area (Å²) in [5, 5.41) is 0. The standard InChI is InChI=1S/C65H126O6/c1-5-7-9-11-13-15-17-19-21-23-25-27-29-33-37-41-45-49-53-57-64(67)70-60-62(71-65(68)58-54-50-46-42-38-34-30-31-35-39-43-47-51-55-61(3)4)59-69-63(66)56-52-48-44-40-36-32-28-26-24-22-20-18-16-14-12-10-8-6-2/h61-62H,5-60H2,1-4H3/t62-/m1/s1. The summed E-state index contributed by atoms with van der Waals surface area (Å²) in [7, 11) is 0. The smallest absolute Gasteiger partial charge is 0.306 e. The summed E-state index contributed by atoms with van der Waals surface area (Å²) >= 11 is 0. The van der Waals surface area contributed by atoms with Crippen molar-refractivity contribution in [1.29, 1.82) is 0 Å². The van der Waals surface area contributed by atoms with Crippen LogP contribution in [0.4, 0.5) is 0 Å². The molecule has 0 amide bonds. The summed E-state index contributed by atoms with van der Waals surface area (Å²) in [5.74, 6) is 0.0111. The molecule has 0 bridgehead atoms. The fourth-order valence-electron chi connectivity index (χ4n) is 10.2. The molecule has 0 aromatic rings. The Bertz CT molecular complexity index is 1070. The summed E-state index contributed by atoms with van der Waals surface area (Å²) < 4.78 is 17.0. The maximum atomic E-state index is 12.9. The van der Waals surface area contributed by atoms with Crippen LogP contribution >= 0.6 is 0 Å². The molecule has 71 heavy (non-hydrogen) atoms. The average molecular weight is 1000 g/mol. The minimum atomic E-state index is -0.763. The monoisotopic (exact) mass is 1000 g/mol. The van der Waals surface area contributed by atoms with Crippen molar-refractivity contribution in [3.05, 3.63) is 0 Å². The van der Waals surface area contributed by atoms with Gasteiger partial charge in [-0.2, -0.15) is 0 Å². The van der Waals surface area contributed by atoms with E-state index >= 15 is 0 Å². The molecule has 6 heteroatoms. The van der Waals surface area contributed by atoms with Crippen molar-refractivity contribution < 1.29 is 28.6 Å². The van der Waals surface area contributed by atoms with E-state index in [4.69, 9.17) is 14.2 Å². The van der Waals surface area contributed by atoms with Crippen LogP contribution in [-0.4, -0.2) is 37.2 Å². The molecular weight excluding hydrogens is 877 g/mol. The number of ether oxygens (including phenoxy) is 3. The van der Waals surface area contributed by atoms with Gasteiger partial charge >= 0.3 is 17.9 Å². The first-order valence-electron chi connectivity index (χ1n) is 32.4. The van der Waals surface area contributed by atoms with Gasteiger partial charge in [-0.05, 0) is 25.2 Å². The van der Waals surface area contributed by atoms with Crippen LogP contribution in [0.2, 0.25) is 0 Å². The van der Waals surface area contributed by atoms with E-state index < -0.39 is 6.10 Å². The quantitative estimate of drug-likeness (QED) is 0.0343. The Morgan fingerprint density at radius 3 is 0.690 bits per heavy atom. The first-order chi connectivity index (χ1) is 34.9. The molecule has 0 saturated heterocycles. The van der Waals surface area contributed by atoms with Crippen molar-refractivity contribution >= 4 is 17.9 Å². The van der Waals surface area contributed by atoms with Gasteiger partial charge in [-0.25, -0.2) is 0 Å². The molecular formula is C65H126O6. The predicted molar refractivity (Wildman–Crippen MR) is 307 cm³/mol. The third-order valence-electron chi connectivity index (χ3n) is 15.0. The zero-order valence-corrected chi connectivity index (χ0v) is 48.7. The van der Waals surface area contributed by atoms with Crippen LogP contribution in [0.1, 0.15) is 374 Å². The fraction of sp³-hybridized carbons (Fsp3) is 0.954. The maximum Gasteiger partial charge on any atom is 0.306 e. The Labute approximate surface area is 444 Å². The van der Waals surface area contributed by atoms with Gasteiger partial charge in [-0.1, -0.05) is 336 Å². The maximum absolute atomic E-state index is 12.9. The van der Waals surface area contributed by atoms with E-state index in [-0.39, 0.29) is 31.1 Å². The number of carbonyl (C=O) groups excluding carboxylic acids is 3. The van der Waals surface area contributed by atoms with Crippen LogP contribution in [-0.2, 0) is 28.6 Å². The molecule has 0 aliphatic carbocycles. The van der Waals surface area contributed by atoms with Gasteiger partial charge in [0, 0.05) is 19.3 Å².